The van der Waals surface area contributed by atoms with E-state index in [0.717, 1.165) is 0 Å². The zero-order valence-corrected chi connectivity index (χ0v) is 12.1. The summed E-state index contributed by atoms with van der Waals surface area (Å²) in [5, 5.41) is 14.9. The summed E-state index contributed by atoms with van der Waals surface area (Å²) in [6.07, 6.45) is 2.75. The molecule has 7 nitrogen and oxygen atoms in total. The third kappa shape index (κ3) is 1.69. The van der Waals surface area contributed by atoms with Crippen LogP contribution in [0.15, 0.2) is 12.5 Å². The van der Waals surface area contributed by atoms with Crippen LogP contribution < -0.4 is 5.73 Å². The molecule has 3 N–H and O–H groups in total. The topological polar surface area (TPSA) is 98.6 Å². The predicted octanol–water partition coefficient (Wildman–Crippen LogP) is 1.02. The van der Waals surface area contributed by atoms with Gasteiger partial charge in [0.1, 0.15) is 12.0 Å². The SMILES string of the molecule is CC[C@H]1OC(O)(c2cnc3c(N)ncnn23)[C@](C)(F)[C@@H]1C. The van der Waals surface area contributed by atoms with Crippen LogP contribution in [-0.2, 0) is 10.5 Å². The first-order chi connectivity index (χ1) is 9.83. The number of ether oxygens (including phenoxy) is 1. The normalized spacial score (nSPS) is 36.4. The molecule has 1 fully saturated rings. The standard InChI is InChI=1S/C13H18FN5O2/c1-4-8-7(2)12(3,14)13(20,21-8)9-5-16-11-10(15)17-6-18-19(9)11/h5-8,20H,4H2,1-3H3,(H2,15,17,18)/t7-,8-,12-,13?/m1/s1. The molecule has 1 saturated heterocycles. The van der Waals surface area contributed by atoms with Crippen LogP contribution in [0, 0.1) is 5.92 Å². The summed E-state index contributed by atoms with van der Waals surface area (Å²) in [5.74, 6) is -2.46. The number of alkyl halides is 1. The lowest BCUT2D eigenvalue weighted by Crippen LogP contribution is -2.46. The van der Waals surface area contributed by atoms with Gasteiger partial charge in [0.2, 0.25) is 5.79 Å². The van der Waals surface area contributed by atoms with Gasteiger partial charge >= 0.3 is 0 Å². The molecule has 4 atom stereocenters. The minimum absolute atomic E-state index is 0.111. The van der Waals surface area contributed by atoms with E-state index in [1.165, 1.54) is 24.0 Å². The molecule has 3 rings (SSSR count). The van der Waals surface area contributed by atoms with E-state index in [1.807, 2.05) is 6.92 Å². The van der Waals surface area contributed by atoms with Crippen molar-refractivity contribution in [3.05, 3.63) is 18.2 Å². The molecule has 3 heterocycles. The Kier molecular flexibility index (Phi) is 2.93. The van der Waals surface area contributed by atoms with Crippen molar-refractivity contribution in [2.24, 2.45) is 5.92 Å². The lowest BCUT2D eigenvalue weighted by atomic mass is 9.83. The van der Waals surface area contributed by atoms with Gasteiger partial charge in [0, 0.05) is 5.92 Å². The summed E-state index contributed by atoms with van der Waals surface area (Å²) in [4.78, 5) is 7.88. The molecular weight excluding hydrogens is 277 g/mol. The van der Waals surface area contributed by atoms with Crippen LogP contribution in [0.4, 0.5) is 10.2 Å². The smallest absolute Gasteiger partial charge is 0.247 e. The fraction of sp³-hybridized carbons (Fsp3) is 0.615. The number of nitrogen functional groups attached to an aromatic ring is 1. The fourth-order valence-corrected chi connectivity index (χ4v) is 2.91. The quantitative estimate of drug-likeness (QED) is 0.858. The van der Waals surface area contributed by atoms with E-state index in [9.17, 15) is 5.11 Å². The number of nitrogens with zero attached hydrogens (tertiary/aromatic N) is 4. The molecule has 0 amide bonds. The summed E-state index contributed by atoms with van der Waals surface area (Å²) in [5.41, 5.74) is 4.09. The third-order valence-electron chi connectivity index (χ3n) is 4.48. The average molecular weight is 295 g/mol. The van der Waals surface area contributed by atoms with E-state index in [-0.39, 0.29) is 17.2 Å². The van der Waals surface area contributed by atoms with E-state index >= 15 is 4.39 Å². The van der Waals surface area contributed by atoms with Crippen LogP contribution >= 0.6 is 0 Å². The fourth-order valence-electron chi connectivity index (χ4n) is 2.91. The number of anilines is 1. The number of halogens is 1. The second kappa shape index (κ2) is 4.35. The van der Waals surface area contributed by atoms with Crippen molar-refractivity contribution in [2.45, 2.75) is 44.8 Å². The van der Waals surface area contributed by atoms with Gasteiger partial charge in [-0.15, -0.1) is 0 Å². The van der Waals surface area contributed by atoms with Crippen LogP contribution in [0.25, 0.3) is 5.65 Å². The molecule has 0 radical (unpaired) electrons. The van der Waals surface area contributed by atoms with Crippen molar-refractivity contribution in [1.29, 1.82) is 0 Å². The third-order valence-corrected chi connectivity index (χ3v) is 4.48. The first kappa shape index (κ1) is 14.2. The summed E-state index contributed by atoms with van der Waals surface area (Å²) in [6.45, 7) is 4.94. The number of aliphatic hydroxyl groups is 1. The Bertz CT molecular complexity index is 688. The summed E-state index contributed by atoms with van der Waals surface area (Å²) in [6, 6.07) is 0. The number of hydrogen-bond donors (Lipinski definition) is 2. The summed E-state index contributed by atoms with van der Waals surface area (Å²) >= 11 is 0. The molecule has 1 aliphatic heterocycles. The van der Waals surface area contributed by atoms with Crippen molar-refractivity contribution >= 4 is 11.5 Å². The monoisotopic (exact) mass is 295 g/mol. The number of nitrogens with two attached hydrogens (primary N) is 1. The summed E-state index contributed by atoms with van der Waals surface area (Å²) in [7, 11) is 0. The Morgan fingerprint density at radius 1 is 1.52 bits per heavy atom. The summed E-state index contributed by atoms with van der Waals surface area (Å²) < 4.78 is 22.1. The van der Waals surface area contributed by atoms with E-state index in [1.54, 1.807) is 6.92 Å². The van der Waals surface area contributed by atoms with Crippen molar-refractivity contribution in [2.75, 3.05) is 5.73 Å². The van der Waals surface area contributed by atoms with Crippen LogP contribution in [0.2, 0.25) is 0 Å². The van der Waals surface area contributed by atoms with Crippen LogP contribution in [0.5, 0.6) is 0 Å². The van der Waals surface area contributed by atoms with Gasteiger partial charge in [0.25, 0.3) is 0 Å². The Morgan fingerprint density at radius 3 is 2.86 bits per heavy atom. The van der Waals surface area contributed by atoms with Gasteiger partial charge in [-0.05, 0) is 13.3 Å². The van der Waals surface area contributed by atoms with Gasteiger partial charge in [-0.25, -0.2) is 18.9 Å². The van der Waals surface area contributed by atoms with E-state index in [4.69, 9.17) is 10.5 Å². The van der Waals surface area contributed by atoms with Gasteiger partial charge in [-0.1, -0.05) is 13.8 Å². The highest BCUT2D eigenvalue weighted by atomic mass is 19.1. The zero-order chi connectivity index (χ0) is 15.4. The molecule has 114 valence electrons. The number of rotatable bonds is 2. The lowest BCUT2D eigenvalue weighted by Gasteiger charge is -2.32. The average Bonchev–Trinajstić information content (AvgIpc) is 2.95. The lowest BCUT2D eigenvalue weighted by molar-refractivity contribution is -0.253. The molecule has 1 unspecified atom stereocenters. The number of fused-ring (bicyclic) bond motifs is 1. The van der Waals surface area contributed by atoms with Gasteiger partial charge < -0.3 is 15.6 Å². The van der Waals surface area contributed by atoms with Crippen molar-refractivity contribution in [1.82, 2.24) is 19.6 Å². The molecule has 0 spiro atoms. The Labute approximate surface area is 121 Å². The Balaban J connectivity index is 2.19. The maximum atomic E-state index is 15.2. The molecule has 21 heavy (non-hydrogen) atoms. The Morgan fingerprint density at radius 2 is 2.24 bits per heavy atom. The van der Waals surface area contributed by atoms with E-state index < -0.39 is 23.5 Å². The minimum Gasteiger partial charge on any atom is -0.381 e. The molecule has 0 aromatic carbocycles. The second-order valence-electron chi connectivity index (χ2n) is 5.60. The minimum atomic E-state index is -2.13. The molecule has 1 aliphatic rings. The predicted molar refractivity (Wildman–Crippen MR) is 72.9 cm³/mol. The van der Waals surface area contributed by atoms with Gasteiger partial charge in [-0.3, -0.25) is 0 Å². The molecule has 0 saturated carbocycles. The van der Waals surface area contributed by atoms with Crippen LogP contribution in [-0.4, -0.2) is 36.5 Å². The van der Waals surface area contributed by atoms with E-state index in [0.29, 0.717) is 6.42 Å². The molecule has 2 aromatic heterocycles. The molecule has 8 heteroatoms. The van der Waals surface area contributed by atoms with Gasteiger partial charge in [0.15, 0.2) is 17.1 Å². The maximum absolute atomic E-state index is 15.2. The van der Waals surface area contributed by atoms with Crippen LogP contribution in [0.3, 0.4) is 0 Å². The van der Waals surface area contributed by atoms with Crippen molar-refractivity contribution in [3.63, 3.8) is 0 Å². The second-order valence-corrected chi connectivity index (χ2v) is 5.60. The number of imidazole rings is 1. The highest BCUT2D eigenvalue weighted by Gasteiger charge is 2.64. The molecule has 0 aliphatic carbocycles. The Hall–Kier alpha value is -1.80. The zero-order valence-electron chi connectivity index (χ0n) is 12.1. The number of aromatic nitrogens is 4. The van der Waals surface area contributed by atoms with E-state index in [2.05, 4.69) is 15.1 Å². The highest BCUT2D eigenvalue weighted by Crippen LogP contribution is 2.51. The molecule has 2 aromatic rings. The van der Waals surface area contributed by atoms with Crippen molar-refractivity contribution < 1.29 is 14.2 Å². The largest absolute Gasteiger partial charge is 0.381 e. The molecule has 0 bridgehead atoms. The first-order valence-corrected chi connectivity index (χ1v) is 6.86. The van der Waals surface area contributed by atoms with Gasteiger partial charge in [0.05, 0.1) is 12.3 Å². The van der Waals surface area contributed by atoms with Gasteiger partial charge in [-0.2, -0.15) is 5.10 Å². The maximum Gasteiger partial charge on any atom is 0.247 e. The number of hydrogen-bond acceptors (Lipinski definition) is 6. The van der Waals surface area contributed by atoms with Crippen LogP contribution in [0.1, 0.15) is 32.9 Å². The molecular formula is C13H18FN5O2. The first-order valence-electron chi connectivity index (χ1n) is 6.86. The highest BCUT2D eigenvalue weighted by molar-refractivity contribution is 5.59. The van der Waals surface area contributed by atoms with Crippen molar-refractivity contribution in [3.8, 4) is 0 Å².